The quantitative estimate of drug-likeness (QED) is 0.198. The van der Waals surface area contributed by atoms with E-state index in [9.17, 15) is 18.3 Å². The smallest absolute Gasteiger partial charge is 0.277 e. The number of aliphatic hydroxyl groups is 1. The predicted octanol–water partition coefficient (Wildman–Crippen LogP) is 1.83. The van der Waals surface area contributed by atoms with Gasteiger partial charge in [0.1, 0.15) is 10.8 Å². The number of nitrogens with zero attached hydrogens (tertiary/aromatic N) is 2. The summed E-state index contributed by atoms with van der Waals surface area (Å²) >= 11 is 2.22. The molecule has 1 aromatic heterocycles. The van der Waals surface area contributed by atoms with Crippen molar-refractivity contribution in [1.29, 1.82) is 0 Å². The number of benzene rings is 1. The van der Waals surface area contributed by atoms with E-state index in [1.54, 1.807) is 6.92 Å². The largest absolute Gasteiger partial charge is 0.494 e. The molecule has 1 heterocycles. The molecule has 0 aliphatic heterocycles. The van der Waals surface area contributed by atoms with E-state index in [1.807, 2.05) is 6.92 Å². The maximum atomic E-state index is 12.8. The van der Waals surface area contributed by atoms with Gasteiger partial charge in [-0.1, -0.05) is 36.4 Å². The van der Waals surface area contributed by atoms with E-state index in [-0.39, 0.29) is 10.6 Å². The lowest BCUT2D eigenvalue weighted by atomic mass is 10.1. The number of unbranched alkanes of at least 4 members (excludes halogenated alkanes) is 1. The van der Waals surface area contributed by atoms with Gasteiger partial charge in [-0.3, -0.25) is 10.0 Å². The number of thioether (sulfide) groups is 1. The normalized spacial score (nSPS) is 13.7. The van der Waals surface area contributed by atoms with Crippen LogP contribution < -0.4 is 10.2 Å². The number of aryl methyl sites for hydroxylation is 1. The van der Waals surface area contributed by atoms with Gasteiger partial charge in [-0.2, -0.15) is 0 Å². The van der Waals surface area contributed by atoms with Crippen molar-refractivity contribution in [2.24, 2.45) is 0 Å². The van der Waals surface area contributed by atoms with Crippen LogP contribution in [0, 0.1) is 6.92 Å². The molecular formula is C17H23N3O6S3. The molecule has 160 valence electrons. The van der Waals surface area contributed by atoms with Gasteiger partial charge in [0.25, 0.3) is 5.91 Å². The van der Waals surface area contributed by atoms with Gasteiger partial charge in [0.15, 0.2) is 19.8 Å². The molecule has 0 aliphatic carbocycles. The fourth-order valence-corrected chi connectivity index (χ4v) is 5.86. The van der Waals surface area contributed by atoms with E-state index in [1.165, 1.54) is 41.1 Å². The summed E-state index contributed by atoms with van der Waals surface area (Å²) in [6.45, 7) is 4.31. The molecule has 2 aromatic rings. The zero-order valence-corrected chi connectivity index (χ0v) is 18.4. The van der Waals surface area contributed by atoms with Gasteiger partial charge in [0.05, 0.1) is 17.3 Å². The molecule has 9 nitrogen and oxygen atoms in total. The predicted molar refractivity (Wildman–Crippen MR) is 109 cm³/mol. The lowest BCUT2D eigenvalue weighted by Gasteiger charge is -2.24. The molecule has 0 fully saturated rings. The van der Waals surface area contributed by atoms with E-state index in [4.69, 9.17) is 9.94 Å². The summed E-state index contributed by atoms with van der Waals surface area (Å²) in [5.41, 5.74) is -1.03. The third-order valence-corrected chi connectivity index (χ3v) is 7.88. The SMILES string of the molecule is CCCCOc1ccc(S(=O)(=O)CC(O)(CSc2nnc(C)s2)C(=O)NO)cc1. The summed E-state index contributed by atoms with van der Waals surface area (Å²) in [7, 11) is -4.04. The van der Waals surface area contributed by atoms with Crippen LogP contribution in [0.3, 0.4) is 0 Å². The second-order valence-corrected chi connectivity index (χ2v) is 10.7. The molecule has 12 heteroatoms. The van der Waals surface area contributed by atoms with Crippen molar-refractivity contribution >= 4 is 38.8 Å². The van der Waals surface area contributed by atoms with Crippen molar-refractivity contribution in [2.75, 3.05) is 18.1 Å². The molecule has 29 heavy (non-hydrogen) atoms. The molecule has 1 aromatic carbocycles. The van der Waals surface area contributed by atoms with E-state index in [0.717, 1.165) is 24.6 Å². The van der Waals surface area contributed by atoms with Crippen molar-refractivity contribution in [3.8, 4) is 5.75 Å². The van der Waals surface area contributed by atoms with Crippen LogP contribution in [0.1, 0.15) is 24.8 Å². The van der Waals surface area contributed by atoms with Crippen LogP contribution >= 0.6 is 23.1 Å². The number of hydroxylamine groups is 1. The number of rotatable bonds is 11. The summed E-state index contributed by atoms with van der Waals surface area (Å²) in [5, 5.41) is 28.1. The Labute approximate surface area is 177 Å². The lowest BCUT2D eigenvalue weighted by Crippen LogP contribution is -2.52. The minimum absolute atomic E-state index is 0.0683. The monoisotopic (exact) mass is 461 g/mol. The summed E-state index contributed by atoms with van der Waals surface area (Å²) in [6, 6.07) is 5.75. The number of ether oxygens (including phenoxy) is 1. The van der Waals surface area contributed by atoms with Crippen LogP contribution in [-0.4, -0.2) is 58.5 Å². The first-order valence-corrected chi connectivity index (χ1v) is 12.2. The van der Waals surface area contributed by atoms with Gasteiger partial charge in [0, 0.05) is 5.75 Å². The van der Waals surface area contributed by atoms with Gasteiger partial charge in [0.2, 0.25) is 0 Å². The second-order valence-electron chi connectivity index (χ2n) is 6.28. The Bertz CT molecular complexity index is 917. The third-order valence-electron chi connectivity index (χ3n) is 3.84. The van der Waals surface area contributed by atoms with Gasteiger partial charge >= 0.3 is 0 Å². The molecule has 2 rings (SSSR count). The standard InChI is InChI=1S/C17H23N3O6S3/c1-3-4-9-26-13-5-7-14(8-6-13)29(24,25)11-17(22,15(21)20-23)10-27-16-19-18-12(2)28-16/h5-8,22-23H,3-4,9-11H2,1-2H3,(H,20,21). The Hall–Kier alpha value is -1.73. The summed E-state index contributed by atoms with van der Waals surface area (Å²) in [4.78, 5) is 12.0. The topological polar surface area (TPSA) is 139 Å². The van der Waals surface area contributed by atoms with Crippen molar-refractivity contribution in [2.45, 2.75) is 41.5 Å². The second kappa shape index (κ2) is 10.3. The van der Waals surface area contributed by atoms with E-state index in [2.05, 4.69) is 10.2 Å². The number of hydrogen-bond donors (Lipinski definition) is 3. The van der Waals surface area contributed by atoms with Crippen molar-refractivity contribution < 1.29 is 28.3 Å². The number of aromatic nitrogens is 2. The fraction of sp³-hybridized carbons (Fsp3) is 0.471. The van der Waals surface area contributed by atoms with Crippen LogP contribution in [0.4, 0.5) is 0 Å². The summed E-state index contributed by atoms with van der Waals surface area (Å²) < 4.78 is 31.5. The molecule has 1 unspecified atom stereocenters. The van der Waals surface area contributed by atoms with Crippen LogP contribution in [0.5, 0.6) is 5.75 Å². The van der Waals surface area contributed by atoms with Crippen LogP contribution in [0.25, 0.3) is 0 Å². The average molecular weight is 462 g/mol. The van der Waals surface area contributed by atoms with Crippen molar-refractivity contribution in [3.05, 3.63) is 29.3 Å². The molecule has 3 N–H and O–H groups in total. The minimum Gasteiger partial charge on any atom is -0.494 e. The Morgan fingerprint density at radius 1 is 1.31 bits per heavy atom. The number of nitrogens with one attached hydrogen (secondary N) is 1. The van der Waals surface area contributed by atoms with Crippen molar-refractivity contribution in [1.82, 2.24) is 15.7 Å². The fourth-order valence-electron chi connectivity index (χ4n) is 2.27. The molecule has 0 bridgehead atoms. The Balaban J connectivity index is 2.14. The highest BCUT2D eigenvalue weighted by Crippen LogP contribution is 2.28. The molecule has 1 amide bonds. The first-order chi connectivity index (χ1) is 13.7. The van der Waals surface area contributed by atoms with Crippen LogP contribution in [0.2, 0.25) is 0 Å². The number of amides is 1. The molecule has 0 saturated heterocycles. The number of carbonyl (C=O) groups is 1. The third kappa shape index (κ3) is 6.64. The van der Waals surface area contributed by atoms with E-state index < -0.39 is 27.1 Å². The molecule has 0 aliphatic rings. The number of sulfone groups is 1. The first kappa shape index (κ1) is 23.5. The highest BCUT2D eigenvalue weighted by Gasteiger charge is 2.41. The average Bonchev–Trinajstić information content (AvgIpc) is 3.11. The summed E-state index contributed by atoms with van der Waals surface area (Å²) in [6.07, 6.45) is 1.86. The molecule has 0 spiro atoms. The molecule has 0 radical (unpaired) electrons. The Kier molecular flexibility index (Phi) is 8.40. The summed E-state index contributed by atoms with van der Waals surface area (Å²) in [5.74, 6) is -1.92. The van der Waals surface area contributed by atoms with Gasteiger partial charge in [-0.15, -0.1) is 10.2 Å². The van der Waals surface area contributed by atoms with E-state index >= 15 is 0 Å². The van der Waals surface area contributed by atoms with Gasteiger partial charge in [-0.25, -0.2) is 13.9 Å². The van der Waals surface area contributed by atoms with Crippen LogP contribution in [-0.2, 0) is 14.6 Å². The number of carbonyl (C=O) groups excluding carboxylic acids is 1. The van der Waals surface area contributed by atoms with Crippen molar-refractivity contribution in [3.63, 3.8) is 0 Å². The first-order valence-electron chi connectivity index (χ1n) is 8.75. The Morgan fingerprint density at radius 2 is 2.00 bits per heavy atom. The van der Waals surface area contributed by atoms with E-state index in [0.29, 0.717) is 21.7 Å². The maximum Gasteiger partial charge on any atom is 0.277 e. The van der Waals surface area contributed by atoms with Gasteiger partial charge in [-0.05, 0) is 37.6 Å². The highest BCUT2D eigenvalue weighted by molar-refractivity contribution is 8.01. The molecule has 1 atom stereocenters. The molecule has 0 saturated carbocycles. The lowest BCUT2D eigenvalue weighted by molar-refractivity contribution is -0.144. The Morgan fingerprint density at radius 3 is 2.55 bits per heavy atom. The zero-order valence-electron chi connectivity index (χ0n) is 16.0. The number of hydrogen-bond acceptors (Lipinski definition) is 10. The van der Waals surface area contributed by atoms with Crippen LogP contribution in [0.15, 0.2) is 33.5 Å². The highest BCUT2D eigenvalue weighted by atomic mass is 32.2. The molecular weight excluding hydrogens is 438 g/mol. The minimum atomic E-state index is -4.04. The van der Waals surface area contributed by atoms with Gasteiger partial charge < -0.3 is 9.84 Å². The maximum absolute atomic E-state index is 12.8. The zero-order chi connectivity index (χ0) is 21.5.